The first kappa shape index (κ1) is 16.1. The molecule has 0 aromatic heterocycles. The maximum atomic E-state index is 13.2. The highest BCUT2D eigenvalue weighted by Crippen LogP contribution is 2.36. The number of hydrazone groups is 1. The number of fused-ring (bicyclic) bond motifs is 1. The average Bonchev–Trinajstić information content (AvgIpc) is 3.10. The zero-order valence-corrected chi connectivity index (χ0v) is 14.9. The lowest BCUT2D eigenvalue weighted by molar-refractivity contribution is 0.287. The molecule has 2 unspecified atom stereocenters. The molecule has 2 aliphatic rings. The number of sulfonamides is 1. The van der Waals surface area contributed by atoms with Gasteiger partial charge in [0.2, 0.25) is 0 Å². The van der Waals surface area contributed by atoms with Crippen LogP contribution in [-0.2, 0) is 10.0 Å². The van der Waals surface area contributed by atoms with Gasteiger partial charge in [0.25, 0.3) is 10.0 Å². The molecule has 2 aromatic carbocycles. The molecule has 0 spiro atoms. The smallest absolute Gasteiger partial charge is 0.200 e. The highest BCUT2D eigenvalue weighted by Gasteiger charge is 2.40. The van der Waals surface area contributed by atoms with Crippen molar-refractivity contribution in [3.63, 3.8) is 0 Å². The minimum Gasteiger partial charge on any atom is -0.200 e. The van der Waals surface area contributed by atoms with Gasteiger partial charge in [-0.3, -0.25) is 0 Å². The third-order valence-electron chi connectivity index (χ3n) is 4.86. The van der Waals surface area contributed by atoms with Crippen molar-refractivity contribution in [1.82, 2.24) is 4.41 Å². The van der Waals surface area contributed by atoms with E-state index in [1.165, 1.54) is 4.41 Å². The van der Waals surface area contributed by atoms with Gasteiger partial charge in [0.05, 0.1) is 16.6 Å². The molecule has 5 heteroatoms. The van der Waals surface area contributed by atoms with Gasteiger partial charge in [0.1, 0.15) is 0 Å². The lowest BCUT2D eigenvalue weighted by Crippen LogP contribution is -2.43. The summed E-state index contributed by atoms with van der Waals surface area (Å²) in [6.45, 7) is 1.94. The molecule has 2 aromatic rings. The summed E-state index contributed by atoms with van der Waals surface area (Å²) in [5, 5.41) is 4.58. The lowest BCUT2D eigenvalue weighted by Gasteiger charge is -2.34. The summed E-state index contributed by atoms with van der Waals surface area (Å²) in [6.07, 6.45) is 5.72. The molecular weight excluding hydrogens is 332 g/mol. The minimum atomic E-state index is -3.68. The van der Waals surface area contributed by atoms with Crippen LogP contribution in [0.3, 0.4) is 0 Å². The van der Waals surface area contributed by atoms with Gasteiger partial charge in [0.15, 0.2) is 0 Å². The summed E-state index contributed by atoms with van der Waals surface area (Å²) in [4.78, 5) is 0.287. The molecule has 0 saturated carbocycles. The Balaban J connectivity index is 1.79. The second kappa shape index (κ2) is 6.15. The number of nitrogens with zero attached hydrogens (tertiary/aromatic N) is 2. The molecule has 128 valence electrons. The molecule has 0 radical (unpaired) electrons. The normalized spacial score (nSPS) is 22.6. The van der Waals surface area contributed by atoms with Gasteiger partial charge in [-0.2, -0.15) is 17.9 Å². The number of aryl methyl sites for hydroxylation is 1. The zero-order valence-electron chi connectivity index (χ0n) is 14.0. The van der Waals surface area contributed by atoms with Crippen molar-refractivity contribution in [2.24, 2.45) is 11.0 Å². The van der Waals surface area contributed by atoms with E-state index in [4.69, 9.17) is 0 Å². The standard InChI is InChI=1S/C20H20N2O2S/c1-15-10-12-18(13-11-15)25(23,24)22-20-9-5-8-17(20)14-19(21-22)16-6-3-2-4-7-16/h2-7,9-13,17,20H,8,14H2,1H3. The first-order valence-corrected chi connectivity index (χ1v) is 9.90. The molecule has 0 fully saturated rings. The quantitative estimate of drug-likeness (QED) is 0.790. The average molecular weight is 352 g/mol. The van der Waals surface area contributed by atoms with E-state index < -0.39 is 10.0 Å². The Morgan fingerprint density at radius 1 is 1.04 bits per heavy atom. The monoisotopic (exact) mass is 352 g/mol. The van der Waals surface area contributed by atoms with E-state index in [0.717, 1.165) is 29.7 Å². The Hall–Kier alpha value is -2.40. The largest absolute Gasteiger partial charge is 0.279 e. The first-order valence-electron chi connectivity index (χ1n) is 8.46. The number of hydrogen-bond donors (Lipinski definition) is 0. The van der Waals surface area contributed by atoms with Gasteiger partial charge in [-0.25, -0.2) is 0 Å². The van der Waals surface area contributed by atoms with E-state index in [1.807, 2.05) is 55.5 Å². The van der Waals surface area contributed by atoms with Crippen LogP contribution in [0.1, 0.15) is 24.0 Å². The highest BCUT2D eigenvalue weighted by atomic mass is 32.2. The SMILES string of the molecule is Cc1ccc(S(=O)(=O)N2N=C(c3ccccc3)CC3CC=CC32)cc1. The van der Waals surface area contributed by atoms with Crippen LogP contribution in [0, 0.1) is 12.8 Å². The van der Waals surface area contributed by atoms with Crippen LogP contribution in [0.5, 0.6) is 0 Å². The second-order valence-corrected chi connectivity index (χ2v) is 8.42. The molecule has 4 rings (SSSR count). The van der Waals surface area contributed by atoms with Crippen molar-refractivity contribution in [2.75, 3.05) is 0 Å². The molecule has 25 heavy (non-hydrogen) atoms. The summed E-state index contributed by atoms with van der Waals surface area (Å²) in [5.41, 5.74) is 2.85. The van der Waals surface area contributed by atoms with Crippen LogP contribution in [0.4, 0.5) is 0 Å². The molecule has 1 aliphatic carbocycles. The van der Waals surface area contributed by atoms with Gasteiger partial charge in [-0.15, -0.1) is 0 Å². The topological polar surface area (TPSA) is 49.7 Å². The summed E-state index contributed by atoms with van der Waals surface area (Å²) < 4.78 is 27.7. The van der Waals surface area contributed by atoms with Crippen molar-refractivity contribution < 1.29 is 8.42 Å². The summed E-state index contributed by atoms with van der Waals surface area (Å²) in [5.74, 6) is 0.243. The van der Waals surface area contributed by atoms with Gasteiger partial charge >= 0.3 is 0 Å². The second-order valence-electron chi connectivity index (χ2n) is 6.62. The molecule has 2 atom stereocenters. The Morgan fingerprint density at radius 2 is 1.76 bits per heavy atom. The molecule has 1 aliphatic heterocycles. The van der Waals surface area contributed by atoms with Crippen molar-refractivity contribution in [3.8, 4) is 0 Å². The molecular formula is C20H20N2O2S. The number of hydrogen-bond acceptors (Lipinski definition) is 3. The number of rotatable bonds is 3. The van der Waals surface area contributed by atoms with E-state index >= 15 is 0 Å². The maximum Gasteiger partial charge on any atom is 0.279 e. The zero-order chi connectivity index (χ0) is 17.4. The van der Waals surface area contributed by atoms with Gasteiger partial charge < -0.3 is 0 Å². The van der Waals surface area contributed by atoms with E-state index in [-0.39, 0.29) is 16.9 Å². The molecule has 0 amide bonds. The fraction of sp³-hybridized carbons (Fsp3) is 0.250. The van der Waals surface area contributed by atoms with Gasteiger partial charge in [-0.1, -0.05) is 60.2 Å². The number of benzene rings is 2. The summed E-state index contributed by atoms with van der Waals surface area (Å²) in [7, 11) is -3.68. The van der Waals surface area contributed by atoms with Crippen LogP contribution >= 0.6 is 0 Å². The van der Waals surface area contributed by atoms with Gasteiger partial charge in [0, 0.05) is 0 Å². The van der Waals surface area contributed by atoms with E-state index in [9.17, 15) is 8.42 Å². The Kier molecular flexibility index (Phi) is 3.96. The number of allylic oxidation sites excluding steroid dienone is 1. The third-order valence-corrected chi connectivity index (χ3v) is 6.54. The molecule has 0 bridgehead atoms. The maximum absolute atomic E-state index is 13.2. The van der Waals surface area contributed by atoms with Crippen molar-refractivity contribution in [3.05, 3.63) is 77.9 Å². The Bertz CT molecular complexity index is 931. The van der Waals surface area contributed by atoms with Crippen LogP contribution < -0.4 is 0 Å². The van der Waals surface area contributed by atoms with Crippen molar-refractivity contribution in [2.45, 2.75) is 30.7 Å². The molecule has 0 N–H and O–H groups in total. The van der Waals surface area contributed by atoms with Crippen molar-refractivity contribution >= 4 is 15.7 Å². The Morgan fingerprint density at radius 3 is 2.48 bits per heavy atom. The van der Waals surface area contributed by atoms with Crippen LogP contribution in [0.2, 0.25) is 0 Å². The van der Waals surface area contributed by atoms with Crippen molar-refractivity contribution in [1.29, 1.82) is 0 Å². The molecule has 4 nitrogen and oxygen atoms in total. The minimum absolute atomic E-state index is 0.196. The van der Waals surface area contributed by atoms with Gasteiger partial charge in [-0.05, 0) is 43.4 Å². The highest BCUT2D eigenvalue weighted by molar-refractivity contribution is 7.89. The fourth-order valence-electron chi connectivity index (χ4n) is 3.46. The van der Waals surface area contributed by atoms with Crippen LogP contribution in [0.25, 0.3) is 0 Å². The predicted octanol–water partition coefficient (Wildman–Crippen LogP) is 3.74. The van der Waals surface area contributed by atoms with Crippen LogP contribution in [-0.4, -0.2) is 24.6 Å². The molecule has 0 saturated heterocycles. The van der Waals surface area contributed by atoms with E-state index in [1.54, 1.807) is 12.1 Å². The predicted molar refractivity (Wildman–Crippen MR) is 98.8 cm³/mol. The van der Waals surface area contributed by atoms with E-state index in [0.29, 0.717) is 0 Å². The fourth-order valence-corrected chi connectivity index (χ4v) is 4.93. The Labute approximate surface area is 148 Å². The summed E-state index contributed by atoms with van der Waals surface area (Å²) in [6, 6.07) is 16.6. The van der Waals surface area contributed by atoms with Crippen LogP contribution in [0.15, 0.2) is 76.7 Å². The van der Waals surface area contributed by atoms with E-state index in [2.05, 4.69) is 11.2 Å². The first-order chi connectivity index (χ1) is 12.1. The third kappa shape index (κ3) is 2.89. The lowest BCUT2D eigenvalue weighted by atomic mass is 9.92. The summed E-state index contributed by atoms with van der Waals surface area (Å²) >= 11 is 0. The molecule has 1 heterocycles.